The van der Waals surface area contributed by atoms with Gasteiger partial charge in [0.2, 0.25) is 5.78 Å². The number of fused-ring (bicyclic) bond motifs is 3. The highest BCUT2D eigenvalue weighted by molar-refractivity contribution is 6.24. The Kier molecular flexibility index (Phi) is 4.71. The molecule has 5 N–H and O–H groups in total. The van der Waals surface area contributed by atoms with Crippen molar-refractivity contribution in [3.8, 4) is 5.75 Å². The Labute approximate surface area is 178 Å². The minimum absolute atomic E-state index is 0.0892. The van der Waals surface area contributed by atoms with Crippen LogP contribution >= 0.6 is 0 Å². The Balaban J connectivity index is 2.00. The first-order valence-electron chi connectivity index (χ1n) is 9.86. The molecule has 0 heterocycles. The molecule has 1 aromatic carbocycles. The second-order valence-corrected chi connectivity index (χ2v) is 8.46. The summed E-state index contributed by atoms with van der Waals surface area (Å²) in [5, 5.41) is 32.7. The maximum atomic E-state index is 13.4. The number of amides is 1. The van der Waals surface area contributed by atoms with Gasteiger partial charge in [0.15, 0.2) is 11.4 Å². The number of ketones is 2. The molecule has 0 aromatic heterocycles. The number of rotatable bonds is 3. The first kappa shape index (κ1) is 21.1. The molecule has 0 saturated carbocycles. The molecule has 9 heteroatoms. The molecule has 1 aromatic rings. The van der Waals surface area contributed by atoms with Gasteiger partial charge in [-0.1, -0.05) is 12.1 Å². The number of carbonyl (C=O) groups excluding carboxylic acids is 3. The van der Waals surface area contributed by atoms with Crippen molar-refractivity contribution in [2.75, 3.05) is 21.2 Å². The number of methoxy groups -OCH3 is 1. The summed E-state index contributed by atoms with van der Waals surface area (Å²) >= 11 is 0. The summed E-state index contributed by atoms with van der Waals surface area (Å²) in [6, 6.07) is 3.88. The molecule has 164 valence electrons. The van der Waals surface area contributed by atoms with E-state index in [0.717, 1.165) is 0 Å². The van der Waals surface area contributed by atoms with Gasteiger partial charge >= 0.3 is 0 Å². The van der Waals surface area contributed by atoms with Gasteiger partial charge in [0.05, 0.1) is 18.7 Å². The molecule has 0 radical (unpaired) electrons. The van der Waals surface area contributed by atoms with Crippen LogP contribution in [0.4, 0.5) is 0 Å². The highest BCUT2D eigenvalue weighted by atomic mass is 16.5. The van der Waals surface area contributed by atoms with E-state index in [1.807, 2.05) is 0 Å². The van der Waals surface area contributed by atoms with Crippen LogP contribution in [-0.2, 0) is 20.7 Å². The minimum atomic E-state index is -2.37. The number of phenols is 1. The zero-order chi connectivity index (χ0) is 22.8. The van der Waals surface area contributed by atoms with Crippen LogP contribution in [0.25, 0.3) is 0 Å². The number of benzene rings is 1. The molecule has 3 aliphatic rings. The lowest BCUT2D eigenvalue weighted by Gasteiger charge is -2.50. The lowest BCUT2D eigenvalue weighted by Crippen LogP contribution is -2.64. The molecule has 0 saturated heterocycles. The van der Waals surface area contributed by atoms with E-state index in [0.29, 0.717) is 12.0 Å². The summed E-state index contributed by atoms with van der Waals surface area (Å²) in [6.45, 7) is 0. The second-order valence-electron chi connectivity index (χ2n) is 8.46. The first-order valence-corrected chi connectivity index (χ1v) is 9.86. The predicted octanol–water partition coefficient (Wildman–Crippen LogP) is 0.209. The topological polar surface area (TPSA) is 150 Å². The largest absolute Gasteiger partial charge is 0.510 e. The monoisotopic (exact) mass is 428 g/mol. The van der Waals surface area contributed by atoms with E-state index in [-0.39, 0.29) is 29.1 Å². The van der Waals surface area contributed by atoms with Crippen molar-refractivity contribution in [1.82, 2.24) is 4.90 Å². The number of phenolic OH excluding ortho intramolecular Hbond substituents is 1. The number of hydrogen-bond acceptors (Lipinski definition) is 8. The summed E-state index contributed by atoms with van der Waals surface area (Å²) in [5.41, 5.74) is 3.12. The fraction of sp³-hybridized carbons (Fsp3) is 0.409. The normalized spacial score (nSPS) is 30.2. The highest BCUT2D eigenvalue weighted by Gasteiger charge is 2.63. The van der Waals surface area contributed by atoms with Crippen molar-refractivity contribution >= 4 is 17.5 Å². The zero-order valence-electron chi connectivity index (χ0n) is 17.4. The van der Waals surface area contributed by atoms with Gasteiger partial charge in [0, 0.05) is 11.5 Å². The third kappa shape index (κ3) is 2.66. The molecule has 0 spiro atoms. The van der Waals surface area contributed by atoms with Gasteiger partial charge in [0.1, 0.15) is 22.8 Å². The molecule has 0 bridgehead atoms. The molecule has 3 aliphatic carbocycles. The fourth-order valence-corrected chi connectivity index (χ4v) is 5.43. The maximum absolute atomic E-state index is 13.4. The third-order valence-corrected chi connectivity index (χ3v) is 6.64. The van der Waals surface area contributed by atoms with Crippen LogP contribution in [0.1, 0.15) is 22.3 Å². The Bertz CT molecular complexity index is 1090. The Hall–Kier alpha value is -3.17. The fourth-order valence-electron chi connectivity index (χ4n) is 5.43. The molecular weight excluding hydrogens is 404 g/mol. The average Bonchev–Trinajstić information content (AvgIpc) is 2.68. The lowest BCUT2D eigenvalue weighted by molar-refractivity contribution is -0.149. The van der Waals surface area contributed by atoms with E-state index >= 15 is 0 Å². The van der Waals surface area contributed by atoms with E-state index in [9.17, 15) is 29.7 Å². The quantitative estimate of drug-likeness (QED) is 0.499. The number of hydrogen-bond donors (Lipinski definition) is 4. The number of allylic oxidation sites excluding steroid dienone is 1. The molecule has 1 amide bonds. The Morgan fingerprint density at radius 3 is 2.52 bits per heavy atom. The first-order chi connectivity index (χ1) is 14.5. The average molecular weight is 428 g/mol. The second kappa shape index (κ2) is 6.93. The van der Waals surface area contributed by atoms with Crippen molar-refractivity contribution in [1.29, 1.82) is 0 Å². The molecular formula is C22H24N2O7. The maximum Gasteiger partial charge on any atom is 0.255 e. The smallest absolute Gasteiger partial charge is 0.255 e. The Morgan fingerprint density at radius 2 is 1.94 bits per heavy atom. The molecule has 4 rings (SSSR count). The van der Waals surface area contributed by atoms with Gasteiger partial charge in [-0.3, -0.25) is 19.3 Å². The number of aliphatic hydroxyl groups excluding tert-OH is 1. The third-order valence-electron chi connectivity index (χ3n) is 6.64. The van der Waals surface area contributed by atoms with Crippen molar-refractivity contribution in [3.05, 3.63) is 52.0 Å². The Morgan fingerprint density at radius 1 is 1.26 bits per heavy atom. The molecule has 31 heavy (non-hydrogen) atoms. The highest BCUT2D eigenvalue weighted by Crippen LogP contribution is 2.52. The van der Waals surface area contributed by atoms with E-state index < -0.39 is 52.3 Å². The number of aliphatic hydroxyl groups is 2. The van der Waals surface area contributed by atoms with Gasteiger partial charge in [0.25, 0.3) is 5.91 Å². The zero-order valence-corrected chi connectivity index (χ0v) is 17.4. The van der Waals surface area contributed by atoms with Gasteiger partial charge in [-0.15, -0.1) is 0 Å². The van der Waals surface area contributed by atoms with Crippen molar-refractivity contribution in [2.45, 2.75) is 24.5 Å². The summed E-state index contributed by atoms with van der Waals surface area (Å²) < 4.78 is 5.45. The number of likely N-dealkylation sites (N-methyl/N-ethyl adjacent to an activating group) is 1. The van der Waals surface area contributed by atoms with Crippen molar-refractivity contribution in [2.24, 2.45) is 17.6 Å². The molecule has 9 nitrogen and oxygen atoms in total. The number of nitrogens with zero attached hydrogens (tertiary/aromatic N) is 1. The van der Waals surface area contributed by atoms with Crippen LogP contribution in [0.3, 0.4) is 0 Å². The number of Topliss-reactive ketones (excluding diaryl/α,β-unsaturated/α-hetero) is 2. The summed E-state index contributed by atoms with van der Waals surface area (Å²) in [6.07, 6.45) is 0.552. The van der Waals surface area contributed by atoms with Crippen LogP contribution in [0.15, 0.2) is 40.9 Å². The number of nitrogens with two attached hydrogens (primary N) is 1. The van der Waals surface area contributed by atoms with E-state index in [1.165, 1.54) is 13.2 Å². The predicted molar refractivity (Wildman–Crippen MR) is 108 cm³/mol. The van der Waals surface area contributed by atoms with Gasteiger partial charge in [-0.05, 0) is 44.5 Å². The van der Waals surface area contributed by atoms with E-state index in [4.69, 9.17) is 10.5 Å². The lowest BCUT2D eigenvalue weighted by atomic mass is 9.58. The van der Waals surface area contributed by atoms with Gasteiger partial charge < -0.3 is 25.8 Å². The van der Waals surface area contributed by atoms with Gasteiger partial charge in [-0.2, -0.15) is 0 Å². The van der Waals surface area contributed by atoms with Crippen LogP contribution < -0.4 is 5.73 Å². The van der Waals surface area contributed by atoms with Crippen LogP contribution in [0.5, 0.6) is 5.75 Å². The van der Waals surface area contributed by atoms with Crippen molar-refractivity contribution in [3.63, 3.8) is 0 Å². The number of aromatic hydroxyl groups is 1. The molecule has 0 fully saturated rings. The molecule has 0 unspecified atom stereocenters. The summed E-state index contributed by atoms with van der Waals surface area (Å²) in [4.78, 5) is 40.3. The van der Waals surface area contributed by atoms with Crippen LogP contribution in [0, 0.1) is 11.8 Å². The van der Waals surface area contributed by atoms with Gasteiger partial charge in [-0.25, -0.2) is 0 Å². The number of carbonyl (C=O) groups is 3. The van der Waals surface area contributed by atoms with Crippen LogP contribution in [0.2, 0.25) is 0 Å². The molecule has 4 atom stereocenters. The van der Waals surface area contributed by atoms with Crippen molar-refractivity contribution < 1.29 is 34.4 Å². The van der Waals surface area contributed by atoms with E-state index in [1.54, 1.807) is 31.1 Å². The minimum Gasteiger partial charge on any atom is -0.510 e. The van der Waals surface area contributed by atoms with Crippen LogP contribution in [-0.4, -0.2) is 70.5 Å². The summed E-state index contributed by atoms with van der Waals surface area (Å²) in [5.74, 6) is -5.10. The summed E-state index contributed by atoms with van der Waals surface area (Å²) in [7, 11) is 4.51. The number of ether oxygens (including phenoxy) is 1. The SMILES string of the molecule is COC1=C2C(=O)c3c(O)cccc3C[C@H]2C[C@H]2[C@H](N(C)C)C(O)=C(C(N)=O)C(=O)[C@@]12O. The standard InChI is InChI=1S/C22H24N2O7/c1-24(2)16-11-8-10-7-9-5-4-6-12(25)13(9)17(26)14(10)20(31-3)22(11,30)19(28)15(18(16)27)21(23)29/h4-6,10-11,16,25,27,30H,7-8H2,1-3H3,(H2,23,29)/t10-,11-,16-,22+/m0/s1. The van der Waals surface area contributed by atoms with E-state index in [2.05, 4.69) is 0 Å². The number of primary amides is 1. The molecule has 0 aliphatic heterocycles.